The van der Waals surface area contributed by atoms with E-state index in [1.807, 2.05) is 0 Å². The van der Waals surface area contributed by atoms with Crippen LogP contribution in [0.3, 0.4) is 0 Å². The van der Waals surface area contributed by atoms with Gasteiger partial charge in [0.25, 0.3) is 0 Å². The van der Waals surface area contributed by atoms with Crippen molar-refractivity contribution in [1.82, 2.24) is 0 Å². The molecule has 13 heavy (non-hydrogen) atoms. The standard InChI is InChI=1S/C7H13ClO4S/c1-5(13(8,10)11)6(9)12-7(2,3)4/h5H,1-4H3. The molecule has 0 saturated heterocycles. The minimum atomic E-state index is -3.88. The Morgan fingerprint density at radius 1 is 1.38 bits per heavy atom. The summed E-state index contributed by atoms with van der Waals surface area (Å²) in [5, 5.41) is -1.33. The van der Waals surface area contributed by atoms with E-state index in [0.717, 1.165) is 0 Å². The van der Waals surface area contributed by atoms with Crippen molar-refractivity contribution in [3.05, 3.63) is 0 Å². The van der Waals surface area contributed by atoms with Crippen LogP contribution in [-0.2, 0) is 18.6 Å². The van der Waals surface area contributed by atoms with Crippen molar-refractivity contribution in [3.63, 3.8) is 0 Å². The van der Waals surface area contributed by atoms with Crippen molar-refractivity contribution in [3.8, 4) is 0 Å². The summed E-state index contributed by atoms with van der Waals surface area (Å²) in [6.45, 7) is 6.14. The minimum Gasteiger partial charge on any atom is -0.459 e. The molecule has 4 nitrogen and oxygen atoms in total. The van der Waals surface area contributed by atoms with Crippen LogP contribution in [0.2, 0.25) is 0 Å². The zero-order valence-electron chi connectivity index (χ0n) is 8.00. The topological polar surface area (TPSA) is 60.4 Å². The molecule has 0 aromatic heterocycles. The fourth-order valence-electron chi connectivity index (χ4n) is 0.500. The van der Waals surface area contributed by atoms with Crippen molar-refractivity contribution in [2.45, 2.75) is 38.5 Å². The lowest BCUT2D eigenvalue weighted by molar-refractivity contribution is -0.153. The molecular formula is C7H13ClO4S. The molecule has 1 unspecified atom stereocenters. The Labute approximate surface area is 82.6 Å². The van der Waals surface area contributed by atoms with Gasteiger partial charge < -0.3 is 4.74 Å². The van der Waals surface area contributed by atoms with Crippen molar-refractivity contribution >= 4 is 25.7 Å². The molecular weight excluding hydrogens is 216 g/mol. The highest BCUT2D eigenvalue weighted by atomic mass is 35.7. The zero-order valence-corrected chi connectivity index (χ0v) is 9.57. The molecule has 0 radical (unpaired) electrons. The normalized spacial score (nSPS) is 15.2. The van der Waals surface area contributed by atoms with E-state index in [0.29, 0.717) is 0 Å². The van der Waals surface area contributed by atoms with E-state index in [9.17, 15) is 13.2 Å². The van der Waals surface area contributed by atoms with Crippen LogP contribution in [-0.4, -0.2) is 25.2 Å². The van der Waals surface area contributed by atoms with E-state index in [1.54, 1.807) is 20.8 Å². The van der Waals surface area contributed by atoms with Crippen LogP contribution >= 0.6 is 10.7 Å². The van der Waals surface area contributed by atoms with Gasteiger partial charge in [-0.15, -0.1) is 0 Å². The first-order valence-corrected chi connectivity index (χ1v) is 6.07. The Hall–Kier alpha value is -0.290. The molecule has 0 N–H and O–H groups in total. The fraction of sp³-hybridized carbons (Fsp3) is 0.857. The smallest absolute Gasteiger partial charge is 0.325 e. The molecule has 1 atom stereocenters. The maximum absolute atomic E-state index is 11.1. The van der Waals surface area contributed by atoms with Crippen LogP contribution in [0, 0.1) is 0 Å². The van der Waals surface area contributed by atoms with Gasteiger partial charge in [-0.3, -0.25) is 4.79 Å². The number of esters is 1. The van der Waals surface area contributed by atoms with Crippen molar-refractivity contribution in [1.29, 1.82) is 0 Å². The van der Waals surface area contributed by atoms with Gasteiger partial charge in [-0.05, 0) is 27.7 Å². The first-order valence-electron chi connectivity index (χ1n) is 3.70. The van der Waals surface area contributed by atoms with Crippen LogP contribution in [0.15, 0.2) is 0 Å². The van der Waals surface area contributed by atoms with Crippen molar-refractivity contribution in [2.75, 3.05) is 0 Å². The summed E-state index contributed by atoms with van der Waals surface area (Å²) in [6.07, 6.45) is 0. The highest BCUT2D eigenvalue weighted by molar-refractivity contribution is 8.14. The first kappa shape index (κ1) is 12.7. The van der Waals surface area contributed by atoms with Crippen LogP contribution in [0.25, 0.3) is 0 Å². The van der Waals surface area contributed by atoms with Gasteiger partial charge in [-0.2, -0.15) is 0 Å². The van der Waals surface area contributed by atoms with E-state index in [1.165, 1.54) is 6.92 Å². The van der Waals surface area contributed by atoms with E-state index in [2.05, 4.69) is 0 Å². The predicted octanol–water partition coefficient (Wildman–Crippen LogP) is 1.29. The SMILES string of the molecule is CC(C(=O)OC(C)(C)C)S(=O)(=O)Cl. The number of carbonyl (C=O) groups is 1. The van der Waals surface area contributed by atoms with Gasteiger partial charge in [-0.25, -0.2) is 8.42 Å². The molecule has 0 aromatic rings. The van der Waals surface area contributed by atoms with Gasteiger partial charge in [0.15, 0.2) is 5.25 Å². The van der Waals surface area contributed by atoms with Crippen LogP contribution in [0.1, 0.15) is 27.7 Å². The molecule has 78 valence electrons. The third-order valence-electron chi connectivity index (χ3n) is 1.16. The molecule has 0 spiro atoms. The lowest BCUT2D eigenvalue weighted by Crippen LogP contribution is -2.33. The lowest BCUT2D eigenvalue weighted by Gasteiger charge is -2.20. The van der Waals surface area contributed by atoms with Gasteiger partial charge in [0.1, 0.15) is 5.60 Å². The van der Waals surface area contributed by atoms with Crippen LogP contribution in [0.4, 0.5) is 0 Å². The maximum atomic E-state index is 11.1. The van der Waals surface area contributed by atoms with Gasteiger partial charge >= 0.3 is 5.97 Å². The average Bonchev–Trinajstić information content (AvgIpc) is 1.79. The zero-order chi connectivity index (χ0) is 10.9. The van der Waals surface area contributed by atoms with E-state index < -0.39 is 25.9 Å². The Morgan fingerprint density at radius 2 is 1.77 bits per heavy atom. The largest absolute Gasteiger partial charge is 0.459 e. The van der Waals surface area contributed by atoms with Crippen molar-refractivity contribution < 1.29 is 17.9 Å². The third kappa shape index (κ3) is 5.10. The van der Waals surface area contributed by atoms with Crippen LogP contribution < -0.4 is 0 Å². The summed E-state index contributed by atoms with van der Waals surface area (Å²) < 4.78 is 26.3. The quantitative estimate of drug-likeness (QED) is 0.528. The van der Waals surface area contributed by atoms with E-state index in [4.69, 9.17) is 15.4 Å². The lowest BCUT2D eigenvalue weighted by atomic mass is 10.2. The summed E-state index contributed by atoms with van der Waals surface area (Å²) in [4.78, 5) is 11.1. The summed E-state index contributed by atoms with van der Waals surface area (Å²) >= 11 is 0. The summed E-state index contributed by atoms with van der Waals surface area (Å²) in [5.41, 5.74) is -0.701. The van der Waals surface area contributed by atoms with Gasteiger partial charge in [0.2, 0.25) is 9.05 Å². The number of rotatable bonds is 2. The number of hydrogen-bond acceptors (Lipinski definition) is 4. The first-order chi connectivity index (χ1) is 5.54. The second-order valence-electron chi connectivity index (χ2n) is 3.65. The second-order valence-corrected chi connectivity index (χ2v) is 6.60. The second kappa shape index (κ2) is 3.84. The third-order valence-corrected chi connectivity index (χ3v) is 3.00. The molecule has 0 saturated carbocycles. The summed E-state index contributed by atoms with van der Waals surface area (Å²) in [7, 11) is 1.10. The molecule has 6 heteroatoms. The molecule has 0 bridgehead atoms. The highest BCUT2D eigenvalue weighted by Crippen LogP contribution is 2.14. The van der Waals surface area contributed by atoms with E-state index in [-0.39, 0.29) is 0 Å². The molecule has 0 fully saturated rings. The Balaban J connectivity index is 4.48. The number of hydrogen-bond donors (Lipinski definition) is 0. The average molecular weight is 229 g/mol. The van der Waals surface area contributed by atoms with Gasteiger partial charge in [-0.1, -0.05) is 0 Å². The van der Waals surface area contributed by atoms with E-state index >= 15 is 0 Å². The van der Waals surface area contributed by atoms with Gasteiger partial charge in [0.05, 0.1) is 0 Å². The molecule has 0 aliphatic rings. The Bertz CT molecular complexity index is 288. The maximum Gasteiger partial charge on any atom is 0.325 e. The predicted molar refractivity (Wildman–Crippen MR) is 50.1 cm³/mol. The molecule has 0 heterocycles. The molecule has 0 rings (SSSR count). The number of halogens is 1. The summed E-state index contributed by atoms with van der Waals surface area (Å²) in [6, 6.07) is 0. The molecule has 0 amide bonds. The van der Waals surface area contributed by atoms with Gasteiger partial charge in [0, 0.05) is 10.7 Å². The Kier molecular flexibility index (Phi) is 3.75. The summed E-state index contributed by atoms with van der Waals surface area (Å²) in [5.74, 6) is -0.831. The van der Waals surface area contributed by atoms with Crippen molar-refractivity contribution in [2.24, 2.45) is 0 Å². The highest BCUT2D eigenvalue weighted by Gasteiger charge is 2.30. The molecule has 0 aliphatic carbocycles. The number of carbonyl (C=O) groups excluding carboxylic acids is 1. The number of ether oxygens (including phenoxy) is 1. The molecule has 0 aromatic carbocycles. The minimum absolute atomic E-state index is 0.701. The van der Waals surface area contributed by atoms with Crippen LogP contribution in [0.5, 0.6) is 0 Å². The Morgan fingerprint density at radius 3 is 2.00 bits per heavy atom. The monoisotopic (exact) mass is 228 g/mol. The fourth-order valence-corrected chi connectivity index (χ4v) is 0.996. The molecule has 0 aliphatic heterocycles.